The highest BCUT2D eigenvalue weighted by atomic mass is 32.2. The Balaban J connectivity index is 2.55. The van der Waals surface area contributed by atoms with Crippen LogP contribution in [0.3, 0.4) is 0 Å². The summed E-state index contributed by atoms with van der Waals surface area (Å²) < 4.78 is 0.861. The van der Waals surface area contributed by atoms with Gasteiger partial charge >= 0.3 is 5.97 Å². The van der Waals surface area contributed by atoms with Gasteiger partial charge in [0.2, 0.25) is 5.52 Å². The third kappa shape index (κ3) is 2.34. The number of thioether (sulfide) groups is 1. The topological polar surface area (TPSA) is 64.2 Å². The van der Waals surface area contributed by atoms with Crippen molar-refractivity contribution >= 4 is 28.6 Å². The van der Waals surface area contributed by atoms with Crippen molar-refractivity contribution in [1.82, 2.24) is 0 Å². The van der Waals surface area contributed by atoms with Gasteiger partial charge in [-0.1, -0.05) is 12.1 Å². The third-order valence-corrected chi connectivity index (χ3v) is 3.44. The molecule has 0 saturated carbocycles. The Morgan fingerprint density at radius 3 is 2.88 bits per heavy atom. The van der Waals surface area contributed by atoms with Crippen molar-refractivity contribution in [2.24, 2.45) is 0 Å². The average Bonchev–Trinajstić information content (AvgIpc) is 2.32. The van der Waals surface area contributed by atoms with Crippen LogP contribution in [0, 0.1) is 12.1 Å². The number of fused-ring (bicyclic) bond motifs is 1. The maximum atomic E-state index is 11.8. The summed E-state index contributed by atoms with van der Waals surface area (Å²) in [6.45, 7) is 1.71. The van der Waals surface area contributed by atoms with Crippen molar-refractivity contribution in [2.45, 2.75) is 11.8 Å². The number of aliphatic carboxylic acids is 1. The average molecular weight is 249 g/mol. The molecule has 17 heavy (non-hydrogen) atoms. The SMILES string of the molecule is Cc1cc(SCC(=O)O)c2ccccc2[n+]1[O-]. The number of hydrogen-bond acceptors (Lipinski definition) is 3. The lowest BCUT2D eigenvalue weighted by molar-refractivity contribution is -0.584. The van der Waals surface area contributed by atoms with E-state index in [1.807, 2.05) is 12.1 Å². The molecule has 5 heteroatoms. The van der Waals surface area contributed by atoms with Gasteiger partial charge in [0.05, 0.1) is 11.1 Å². The molecule has 4 nitrogen and oxygen atoms in total. The molecule has 0 radical (unpaired) electrons. The Morgan fingerprint density at radius 1 is 1.47 bits per heavy atom. The maximum Gasteiger partial charge on any atom is 0.313 e. The molecule has 1 aromatic heterocycles. The molecule has 0 atom stereocenters. The van der Waals surface area contributed by atoms with Crippen molar-refractivity contribution in [3.05, 3.63) is 41.2 Å². The van der Waals surface area contributed by atoms with Crippen LogP contribution in [0.15, 0.2) is 35.2 Å². The number of aromatic nitrogens is 1. The zero-order valence-electron chi connectivity index (χ0n) is 9.21. The van der Waals surface area contributed by atoms with Gasteiger partial charge in [-0.05, 0) is 6.07 Å². The van der Waals surface area contributed by atoms with Crippen LogP contribution in [0.1, 0.15) is 5.69 Å². The first-order valence-electron chi connectivity index (χ1n) is 5.06. The van der Waals surface area contributed by atoms with Crippen molar-refractivity contribution in [1.29, 1.82) is 0 Å². The summed E-state index contributed by atoms with van der Waals surface area (Å²) in [7, 11) is 0. The van der Waals surface area contributed by atoms with E-state index in [0.717, 1.165) is 15.0 Å². The molecule has 0 unspecified atom stereocenters. The fourth-order valence-electron chi connectivity index (χ4n) is 1.63. The zero-order valence-corrected chi connectivity index (χ0v) is 10.0. The first-order chi connectivity index (χ1) is 8.09. The number of para-hydroxylation sites is 1. The first-order valence-corrected chi connectivity index (χ1v) is 6.04. The minimum absolute atomic E-state index is 0.00763. The lowest BCUT2D eigenvalue weighted by Crippen LogP contribution is -2.30. The number of rotatable bonds is 3. The van der Waals surface area contributed by atoms with Gasteiger partial charge in [0.25, 0.3) is 0 Å². The molecule has 0 aliphatic carbocycles. The minimum atomic E-state index is -0.865. The van der Waals surface area contributed by atoms with E-state index in [9.17, 15) is 10.0 Å². The van der Waals surface area contributed by atoms with Gasteiger partial charge in [0.1, 0.15) is 0 Å². The van der Waals surface area contributed by atoms with E-state index >= 15 is 0 Å². The monoisotopic (exact) mass is 249 g/mol. The molecule has 1 heterocycles. The Bertz CT molecular complexity index is 583. The highest BCUT2D eigenvalue weighted by molar-refractivity contribution is 8.00. The van der Waals surface area contributed by atoms with Crippen LogP contribution >= 0.6 is 11.8 Å². The first kappa shape index (κ1) is 11.7. The van der Waals surface area contributed by atoms with Crippen LogP contribution < -0.4 is 4.73 Å². The van der Waals surface area contributed by atoms with Crippen LogP contribution in [0.25, 0.3) is 10.9 Å². The van der Waals surface area contributed by atoms with Gasteiger partial charge in [0, 0.05) is 24.0 Å². The molecule has 0 saturated heterocycles. The fraction of sp³-hybridized carbons (Fsp3) is 0.167. The number of hydrogen-bond donors (Lipinski definition) is 1. The van der Waals surface area contributed by atoms with Gasteiger partial charge in [-0.25, -0.2) is 0 Å². The molecule has 0 bridgehead atoms. The molecule has 1 N–H and O–H groups in total. The molecule has 1 aromatic carbocycles. The smallest absolute Gasteiger partial charge is 0.313 e. The summed E-state index contributed by atoms with van der Waals surface area (Å²) in [4.78, 5) is 11.4. The Kier molecular flexibility index (Phi) is 3.19. The number of carboxylic acids is 1. The summed E-state index contributed by atoms with van der Waals surface area (Å²) in [6.07, 6.45) is 0. The lowest BCUT2D eigenvalue weighted by atomic mass is 10.2. The minimum Gasteiger partial charge on any atom is -0.618 e. The molecule has 0 amide bonds. The number of aryl methyl sites for hydroxylation is 1. The standard InChI is InChI=1S/C12H11NO3S/c1-8-6-11(17-7-12(14)15)9-4-2-3-5-10(9)13(8)16/h2-6H,7H2,1H3,(H,14,15). The van der Waals surface area contributed by atoms with E-state index in [0.29, 0.717) is 11.2 Å². The van der Waals surface area contributed by atoms with Crippen LogP contribution in [0.4, 0.5) is 0 Å². The largest absolute Gasteiger partial charge is 0.618 e. The number of pyridine rings is 1. The molecule has 2 rings (SSSR count). The van der Waals surface area contributed by atoms with Crippen molar-refractivity contribution < 1.29 is 14.6 Å². The summed E-state index contributed by atoms with van der Waals surface area (Å²) in [5, 5.41) is 21.3. The molecule has 2 aromatic rings. The summed E-state index contributed by atoms with van der Waals surface area (Å²) >= 11 is 1.23. The Labute approximate surface area is 102 Å². The Morgan fingerprint density at radius 2 is 2.18 bits per heavy atom. The highest BCUT2D eigenvalue weighted by Crippen LogP contribution is 2.26. The van der Waals surface area contributed by atoms with Crippen LogP contribution in [-0.2, 0) is 4.79 Å². The summed E-state index contributed by atoms with van der Waals surface area (Å²) in [6, 6.07) is 8.92. The quantitative estimate of drug-likeness (QED) is 0.513. The number of benzene rings is 1. The van der Waals surface area contributed by atoms with Gasteiger partial charge in [-0.3, -0.25) is 4.79 Å². The fourth-order valence-corrected chi connectivity index (χ4v) is 2.50. The number of carbonyl (C=O) groups is 1. The molecule has 0 fully saturated rings. The highest BCUT2D eigenvalue weighted by Gasteiger charge is 2.13. The van der Waals surface area contributed by atoms with E-state index in [4.69, 9.17) is 5.11 Å². The third-order valence-electron chi connectivity index (χ3n) is 2.40. The second-order valence-electron chi connectivity index (χ2n) is 3.64. The van der Waals surface area contributed by atoms with E-state index in [-0.39, 0.29) is 5.75 Å². The second-order valence-corrected chi connectivity index (χ2v) is 4.66. The molecule has 0 aliphatic heterocycles. The van der Waals surface area contributed by atoms with Crippen LogP contribution in [-0.4, -0.2) is 16.8 Å². The van der Waals surface area contributed by atoms with Gasteiger partial charge in [0.15, 0.2) is 5.69 Å². The normalized spacial score (nSPS) is 10.6. The van der Waals surface area contributed by atoms with Crippen molar-refractivity contribution in [3.8, 4) is 0 Å². The van der Waals surface area contributed by atoms with Gasteiger partial charge in [-0.15, -0.1) is 11.8 Å². The van der Waals surface area contributed by atoms with Crippen LogP contribution in [0.2, 0.25) is 0 Å². The molecule has 0 aliphatic rings. The zero-order chi connectivity index (χ0) is 12.4. The number of carboxylic acid groups (broad SMARTS) is 1. The molecule has 0 spiro atoms. The van der Waals surface area contributed by atoms with Gasteiger partial charge in [-0.2, -0.15) is 4.73 Å². The van der Waals surface area contributed by atoms with Crippen LogP contribution in [0.5, 0.6) is 0 Å². The van der Waals surface area contributed by atoms with E-state index in [1.54, 1.807) is 25.1 Å². The maximum absolute atomic E-state index is 11.8. The molecule has 88 valence electrons. The second kappa shape index (κ2) is 4.63. The summed E-state index contributed by atoms with van der Waals surface area (Å²) in [5.41, 5.74) is 1.14. The molecular weight excluding hydrogens is 238 g/mol. The Hall–Kier alpha value is -1.75. The van der Waals surface area contributed by atoms with E-state index in [1.165, 1.54) is 11.8 Å². The molecular formula is C12H11NO3S. The number of nitrogens with zero attached hydrogens (tertiary/aromatic N) is 1. The predicted molar refractivity (Wildman–Crippen MR) is 66.0 cm³/mol. The van der Waals surface area contributed by atoms with Crippen molar-refractivity contribution in [2.75, 3.05) is 5.75 Å². The van der Waals surface area contributed by atoms with E-state index < -0.39 is 5.97 Å². The van der Waals surface area contributed by atoms with Gasteiger partial charge < -0.3 is 10.3 Å². The van der Waals surface area contributed by atoms with E-state index in [2.05, 4.69) is 0 Å². The predicted octanol–water partition coefficient (Wildman–Crippen LogP) is 1.96. The lowest BCUT2D eigenvalue weighted by Gasteiger charge is -2.08. The van der Waals surface area contributed by atoms with Crippen molar-refractivity contribution in [3.63, 3.8) is 0 Å². The summed E-state index contributed by atoms with van der Waals surface area (Å²) in [5.74, 6) is -0.873.